The number of nitriles is 1. The molecule has 0 spiro atoms. The predicted molar refractivity (Wildman–Crippen MR) is 91.9 cm³/mol. The van der Waals surface area contributed by atoms with Crippen LogP contribution < -0.4 is 11.1 Å². The molecule has 4 rings (SSSR count). The van der Waals surface area contributed by atoms with Gasteiger partial charge in [0.25, 0.3) is 0 Å². The van der Waals surface area contributed by atoms with Crippen LogP contribution in [0.25, 0.3) is 22.5 Å². The van der Waals surface area contributed by atoms with Crippen LogP contribution in [-0.4, -0.2) is 11.5 Å². The monoisotopic (exact) mass is 316 g/mol. The summed E-state index contributed by atoms with van der Waals surface area (Å²) < 4.78 is 5.58. The van der Waals surface area contributed by atoms with Crippen molar-refractivity contribution in [3.8, 4) is 28.5 Å². The number of benzene rings is 1. The fraction of sp³-hybridized carbons (Fsp3) is 0.158. The maximum absolute atomic E-state index is 9.67. The summed E-state index contributed by atoms with van der Waals surface area (Å²) in [5.74, 6) is 1.06. The van der Waals surface area contributed by atoms with Crippen LogP contribution in [0, 0.1) is 11.3 Å². The number of nitrogens with one attached hydrogen (secondary N) is 1. The molecule has 3 aromatic rings. The smallest absolute Gasteiger partial charge is 0.142 e. The molecule has 2 aromatic heterocycles. The summed E-state index contributed by atoms with van der Waals surface area (Å²) in [5, 5.41) is 13.0. The molecule has 0 bridgehead atoms. The molecule has 1 aliphatic rings. The van der Waals surface area contributed by atoms with Gasteiger partial charge in [0.15, 0.2) is 0 Å². The minimum Gasteiger partial charge on any atom is -0.464 e. The number of aromatic nitrogens is 1. The lowest BCUT2D eigenvalue weighted by Crippen LogP contribution is -2.26. The van der Waals surface area contributed by atoms with Gasteiger partial charge in [-0.15, -0.1) is 0 Å². The van der Waals surface area contributed by atoms with Crippen molar-refractivity contribution in [2.75, 3.05) is 12.3 Å². The van der Waals surface area contributed by atoms with E-state index < -0.39 is 0 Å². The number of furan rings is 1. The number of fused-ring (bicyclic) bond motifs is 1. The molecule has 5 heteroatoms. The van der Waals surface area contributed by atoms with Gasteiger partial charge < -0.3 is 15.5 Å². The molecule has 0 fully saturated rings. The topological polar surface area (TPSA) is 87.9 Å². The van der Waals surface area contributed by atoms with Crippen molar-refractivity contribution in [2.45, 2.75) is 13.0 Å². The molecule has 5 nitrogen and oxygen atoms in total. The Kier molecular flexibility index (Phi) is 3.52. The van der Waals surface area contributed by atoms with E-state index in [0.29, 0.717) is 17.9 Å². The number of nitrogens with two attached hydrogens (primary N) is 1. The molecular formula is C19H16N4O. The highest BCUT2D eigenvalue weighted by Crippen LogP contribution is 2.39. The lowest BCUT2D eigenvalue weighted by atomic mass is 9.88. The van der Waals surface area contributed by atoms with Crippen LogP contribution in [0.3, 0.4) is 0 Å². The highest BCUT2D eigenvalue weighted by atomic mass is 16.3. The number of hydrogen-bond donors (Lipinski definition) is 2. The minimum absolute atomic E-state index is 0.294. The first kappa shape index (κ1) is 14.5. The normalized spacial score (nSPS) is 13.3. The summed E-state index contributed by atoms with van der Waals surface area (Å²) in [4.78, 5) is 4.45. The Morgan fingerprint density at radius 3 is 2.75 bits per heavy atom. The molecule has 0 atom stereocenters. The van der Waals surface area contributed by atoms with Crippen molar-refractivity contribution < 1.29 is 4.42 Å². The number of pyridine rings is 1. The molecule has 1 aromatic carbocycles. The van der Waals surface area contributed by atoms with Crippen LogP contribution in [0.5, 0.6) is 0 Å². The lowest BCUT2D eigenvalue weighted by molar-refractivity contribution is 0.582. The quantitative estimate of drug-likeness (QED) is 0.758. The molecule has 0 saturated heterocycles. The molecule has 118 valence electrons. The highest BCUT2D eigenvalue weighted by Gasteiger charge is 2.23. The second kappa shape index (κ2) is 5.84. The molecule has 1 aliphatic heterocycles. The Balaban J connectivity index is 2.05. The SMILES string of the molecule is N#Cc1c(N)nc2c(c1-c1ccccc1-c1ccco1)CNCC2. The Bertz CT molecular complexity index is 939. The van der Waals surface area contributed by atoms with Gasteiger partial charge >= 0.3 is 0 Å². The molecule has 0 radical (unpaired) electrons. The second-order valence-corrected chi connectivity index (χ2v) is 5.73. The summed E-state index contributed by atoms with van der Waals surface area (Å²) in [6, 6.07) is 13.9. The van der Waals surface area contributed by atoms with Gasteiger partial charge in [-0.05, 0) is 23.3 Å². The van der Waals surface area contributed by atoms with Crippen LogP contribution in [0.2, 0.25) is 0 Å². The first-order chi connectivity index (χ1) is 11.8. The van der Waals surface area contributed by atoms with Gasteiger partial charge in [0, 0.05) is 36.3 Å². The third-order valence-electron chi connectivity index (χ3n) is 4.35. The third-order valence-corrected chi connectivity index (χ3v) is 4.35. The van der Waals surface area contributed by atoms with E-state index in [1.165, 1.54) is 0 Å². The zero-order chi connectivity index (χ0) is 16.5. The molecule has 0 unspecified atom stereocenters. The summed E-state index contributed by atoms with van der Waals surface area (Å²) in [6.07, 6.45) is 2.45. The summed E-state index contributed by atoms with van der Waals surface area (Å²) in [5.41, 5.74) is 11.3. The average molecular weight is 316 g/mol. The van der Waals surface area contributed by atoms with Crippen molar-refractivity contribution in [2.24, 2.45) is 0 Å². The third kappa shape index (κ3) is 2.25. The van der Waals surface area contributed by atoms with Gasteiger partial charge in [-0.2, -0.15) is 5.26 Å². The van der Waals surface area contributed by atoms with E-state index >= 15 is 0 Å². The highest BCUT2D eigenvalue weighted by molar-refractivity contribution is 5.88. The van der Waals surface area contributed by atoms with E-state index in [1.54, 1.807) is 6.26 Å². The number of hydrogen-bond acceptors (Lipinski definition) is 5. The van der Waals surface area contributed by atoms with Crippen LogP contribution >= 0.6 is 0 Å². The van der Waals surface area contributed by atoms with Crippen LogP contribution in [-0.2, 0) is 13.0 Å². The molecular weight excluding hydrogens is 300 g/mol. The number of nitrogen functional groups attached to an aromatic ring is 1. The molecule has 24 heavy (non-hydrogen) atoms. The second-order valence-electron chi connectivity index (χ2n) is 5.73. The van der Waals surface area contributed by atoms with E-state index in [2.05, 4.69) is 16.4 Å². The van der Waals surface area contributed by atoms with Gasteiger partial charge in [-0.25, -0.2) is 4.98 Å². The molecule has 0 amide bonds. The Hall–Kier alpha value is -3.10. The van der Waals surface area contributed by atoms with Crippen molar-refractivity contribution in [1.29, 1.82) is 5.26 Å². The molecule has 3 N–H and O–H groups in total. The van der Waals surface area contributed by atoms with Crippen molar-refractivity contribution in [3.05, 3.63) is 59.5 Å². The van der Waals surface area contributed by atoms with Crippen molar-refractivity contribution in [3.63, 3.8) is 0 Å². The summed E-state index contributed by atoms with van der Waals surface area (Å²) in [6.45, 7) is 1.55. The zero-order valence-electron chi connectivity index (χ0n) is 13.0. The van der Waals surface area contributed by atoms with E-state index in [0.717, 1.165) is 46.7 Å². The van der Waals surface area contributed by atoms with Gasteiger partial charge in [-0.1, -0.05) is 24.3 Å². The Morgan fingerprint density at radius 1 is 1.17 bits per heavy atom. The lowest BCUT2D eigenvalue weighted by Gasteiger charge is -2.22. The van der Waals surface area contributed by atoms with E-state index in [9.17, 15) is 5.26 Å². The number of anilines is 1. The minimum atomic E-state index is 0.294. The number of nitrogens with zero attached hydrogens (tertiary/aromatic N) is 2. The average Bonchev–Trinajstić information content (AvgIpc) is 3.15. The maximum Gasteiger partial charge on any atom is 0.142 e. The maximum atomic E-state index is 9.67. The molecule has 0 saturated carbocycles. The summed E-state index contributed by atoms with van der Waals surface area (Å²) >= 11 is 0. The van der Waals surface area contributed by atoms with E-state index in [1.807, 2.05) is 36.4 Å². The van der Waals surface area contributed by atoms with Crippen molar-refractivity contribution >= 4 is 5.82 Å². The first-order valence-corrected chi connectivity index (χ1v) is 7.85. The van der Waals surface area contributed by atoms with Gasteiger partial charge in [-0.3, -0.25) is 0 Å². The zero-order valence-corrected chi connectivity index (χ0v) is 13.0. The van der Waals surface area contributed by atoms with Gasteiger partial charge in [0.2, 0.25) is 0 Å². The fourth-order valence-electron chi connectivity index (χ4n) is 3.27. The summed E-state index contributed by atoms with van der Waals surface area (Å²) in [7, 11) is 0. The van der Waals surface area contributed by atoms with E-state index in [4.69, 9.17) is 10.2 Å². The fourth-order valence-corrected chi connectivity index (χ4v) is 3.27. The van der Waals surface area contributed by atoms with Crippen molar-refractivity contribution in [1.82, 2.24) is 10.3 Å². The van der Waals surface area contributed by atoms with Crippen LogP contribution in [0.1, 0.15) is 16.8 Å². The largest absolute Gasteiger partial charge is 0.464 e. The van der Waals surface area contributed by atoms with Gasteiger partial charge in [0.1, 0.15) is 23.2 Å². The Labute approximate surface area is 139 Å². The first-order valence-electron chi connectivity index (χ1n) is 7.85. The van der Waals surface area contributed by atoms with E-state index in [-0.39, 0.29) is 0 Å². The van der Waals surface area contributed by atoms with Gasteiger partial charge in [0.05, 0.1) is 6.26 Å². The molecule has 0 aliphatic carbocycles. The number of rotatable bonds is 2. The predicted octanol–water partition coefficient (Wildman–Crippen LogP) is 3.11. The Morgan fingerprint density at radius 2 is 2.00 bits per heavy atom. The molecule has 3 heterocycles. The van der Waals surface area contributed by atoms with Crippen LogP contribution in [0.4, 0.5) is 5.82 Å². The standard InChI is InChI=1S/C19H16N4O/c20-10-14-18(15-11-22-8-7-16(15)23-19(14)21)13-5-2-1-4-12(13)17-6-3-9-24-17/h1-6,9,22H,7-8,11H2,(H2,21,23). The van der Waals surface area contributed by atoms with Crippen LogP contribution in [0.15, 0.2) is 47.1 Å².